The van der Waals surface area contributed by atoms with E-state index in [-0.39, 0.29) is 0 Å². The van der Waals surface area contributed by atoms with Crippen LogP contribution < -0.4 is 10.6 Å². The second kappa shape index (κ2) is 6.06. The molecule has 2 aliphatic rings. The number of nitrogens with two attached hydrogens (primary N) is 1. The van der Waals surface area contributed by atoms with Crippen LogP contribution in [0.15, 0.2) is 18.2 Å². The van der Waals surface area contributed by atoms with E-state index in [1.165, 1.54) is 17.7 Å². The van der Waals surface area contributed by atoms with E-state index >= 15 is 0 Å². The van der Waals surface area contributed by atoms with Crippen LogP contribution >= 0.6 is 0 Å². The molecular formula is C17H26N4. The van der Waals surface area contributed by atoms with Gasteiger partial charge in [-0.15, -0.1) is 0 Å². The van der Waals surface area contributed by atoms with Gasteiger partial charge < -0.3 is 15.5 Å². The average molecular weight is 286 g/mol. The summed E-state index contributed by atoms with van der Waals surface area (Å²) in [5, 5.41) is 0. The number of hydrogen-bond acceptors (Lipinski definition) is 4. The molecule has 4 nitrogen and oxygen atoms in total. The predicted octanol–water partition coefficient (Wildman–Crippen LogP) is 2.62. The molecule has 1 saturated heterocycles. The Morgan fingerprint density at radius 1 is 1.19 bits per heavy atom. The van der Waals surface area contributed by atoms with E-state index in [4.69, 9.17) is 5.73 Å². The molecule has 1 aromatic rings. The molecule has 1 aliphatic heterocycles. The lowest BCUT2D eigenvalue weighted by atomic mass is 9.89. The van der Waals surface area contributed by atoms with Gasteiger partial charge in [0.25, 0.3) is 0 Å². The van der Waals surface area contributed by atoms with Gasteiger partial charge in [0.15, 0.2) is 0 Å². The number of nitrogen functional groups attached to an aromatic ring is 1. The van der Waals surface area contributed by atoms with E-state index in [0.29, 0.717) is 5.82 Å². The molecule has 0 saturated carbocycles. The second-order valence-corrected chi connectivity index (χ2v) is 6.53. The number of likely N-dealkylation sites (N-methyl/N-ethyl adjacent to an activating group) is 1. The summed E-state index contributed by atoms with van der Waals surface area (Å²) < 4.78 is 0. The lowest BCUT2D eigenvalue weighted by Gasteiger charge is -2.34. The van der Waals surface area contributed by atoms with Gasteiger partial charge >= 0.3 is 0 Å². The third-order valence-corrected chi connectivity index (χ3v) is 4.70. The average Bonchev–Trinajstić information content (AvgIpc) is 2.48. The van der Waals surface area contributed by atoms with Crippen molar-refractivity contribution < 1.29 is 0 Å². The zero-order valence-corrected chi connectivity index (χ0v) is 13.2. The van der Waals surface area contributed by atoms with Crippen LogP contribution in [-0.4, -0.2) is 43.1 Å². The lowest BCUT2D eigenvalue weighted by molar-refractivity contribution is 0.313. The fourth-order valence-corrected chi connectivity index (χ4v) is 3.15. The Morgan fingerprint density at radius 2 is 1.95 bits per heavy atom. The quantitative estimate of drug-likeness (QED) is 0.908. The van der Waals surface area contributed by atoms with Crippen molar-refractivity contribution in [2.75, 3.05) is 43.9 Å². The van der Waals surface area contributed by atoms with Gasteiger partial charge in [0.05, 0.1) is 5.69 Å². The minimum Gasteiger partial charge on any atom is -0.384 e. The van der Waals surface area contributed by atoms with Crippen LogP contribution in [0, 0.1) is 5.92 Å². The molecule has 1 aromatic heterocycles. The monoisotopic (exact) mass is 286 g/mol. The molecule has 1 fully saturated rings. The highest BCUT2D eigenvalue weighted by atomic mass is 15.2. The molecule has 21 heavy (non-hydrogen) atoms. The summed E-state index contributed by atoms with van der Waals surface area (Å²) in [5.41, 5.74) is 9.73. The molecule has 2 heterocycles. The number of rotatable bonds is 2. The van der Waals surface area contributed by atoms with E-state index < -0.39 is 0 Å². The first-order chi connectivity index (χ1) is 10.1. The molecule has 4 heteroatoms. The third kappa shape index (κ3) is 3.38. The van der Waals surface area contributed by atoms with Crippen LogP contribution in [0.2, 0.25) is 0 Å². The first-order valence-electron chi connectivity index (χ1n) is 8.02. The molecule has 0 spiro atoms. The Labute approximate surface area is 127 Å². The summed E-state index contributed by atoms with van der Waals surface area (Å²) in [7, 11) is 2.18. The van der Waals surface area contributed by atoms with Crippen LogP contribution in [0.3, 0.4) is 0 Å². The molecule has 1 aliphatic carbocycles. The van der Waals surface area contributed by atoms with Crippen molar-refractivity contribution in [1.82, 2.24) is 9.88 Å². The number of allylic oxidation sites excluding steroid dienone is 2. The zero-order chi connectivity index (χ0) is 14.8. The third-order valence-electron chi connectivity index (χ3n) is 4.70. The second-order valence-electron chi connectivity index (χ2n) is 6.53. The molecule has 0 aromatic carbocycles. The summed E-state index contributed by atoms with van der Waals surface area (Å²) in [4.78, 5) is 9.36. The van der Waals surface area contributed by atoms with Gasteiger partial charge in [-0.05, 0) is 43.9 Å². The number of nitrogens with zero attached hydrogens (tertiary/aromatic N) is 3. The standard InChI is InChI=1S/C17H26N4/c1-13-3-5-14(6-4-13)16-11-15(12-17(18)19-16)21-9-7-20(2)8-10-21/h5,11-13H,3-4,6-10H2,1-2H3,(H2,18,19). The SMILES string of the molecule is CC1CC=C(c2cc(N3CCN(C)CC3)cc(N)n2)CC1. The van der Waals surface area contributed by atoms with E-state index in [1.807, 2.05) is 6.07 Å². The molecule has 114 valence electrons. The predicted molar refractivity (Wildman–Crippen MR) is 89.4 cm³/mol. The minimum atomic E-state index is 0.640. The van der Waals surface area contributed by atoms with E-state index in [2.05, 4.69) is 40.9 Å². The summed E-state index contributed by atoms with van der Waals surface area (Å²) in [6.45, 7) is 6.66. The fraction of sp³-hybridized carbons (Fsp3) is 0.588. The minimum absolute atomic E-state index is 0.640. The van der Waals surface area contributed by atoms with Crippen LogP contribution in [0.5, 0.6) is 0 Å². The summed E-state index contributed by atoms with van der Waals surface area (Å²) in [5.74, 6) is 1.44. The van der Waals surface area contributed by atoms with Crippen LogP contribution in [0.4, 0.5) is 11.5 Å². The van der Waals surface area contributed by atoms with Crippen molar-refractivity contribution in [2.24, 2.45) is 5.92 Å². The number of aromatic nitrogens is 1. The number of pyridine rings is 1. The largest absolute Gasteiger partial charge is 0.384 e. The van der Waals surface area contributed by atoms with Gasteiger partial charge in [-0.1, -0.05) is 13.0 Å². The summed E-state index contributed by atoms with van der Waals surface area (Å²) in [6, 6.07) is 4.24. The maximum absolute atomic E-state index is 6.05. The van der Waals surface area contributed by atoms with Crippen LogP contribution in [0.25, 0.3) is 5.57 Å². The van der Waals surface area contributed by atoms with E-state index in [0.717, 1.165) is 50.6 Å². The summed E-state index contributed by atoms with van der Waals surface area (Å²) >= 11 is 0. The summed E-state index contributed by atoms with van der Waals surface area (Å²) in [6.07, 6.45) is 5.89. The highest BCUT2D eigenvalue weighted by Crippen LogP contribution is 2.31. The molecule has 1 unspecified atom stereocenters. The Hall–Kier alpha value is -1.55. The molecule has 0 radical (unpaired) electrons. The van der Waals surface area contributed by atoms with Gasteiger partial charge in [-0.2, -0.15) is 0 Å². The van der Waals surface area contributed by atoms with Crippen LogP contribution in [0.1, 0.15) is 31.9 Å². The Balaban J connectivity index is 1.83. The van der Waals surface area contributed by atoms with Gasteiger partial charge in [0.1, 0.15) is 5.82 Å². The maximum atomic E-state index is 6.05. The maximum Gasteiger partial charge on any atom is 0.126 e. The first-order valence-corrected chi connectivity index (χ1v) is 8.02. The molecule has 0 amide bonds. The Bertz CT molecular complexity index is 530. The molecule has 3 rings (SSSR count). The normalized spacial score (nSPS) is 24.0. The van der Waals surface area contributed by atoms with Gasteiger partial charge in [-0.3, -0.25) is 0 Å². The van der Waals surface area contributed by atoms with Crippen LogP contribution in [-0.2, 0) is 0 Å². The van der Waals surface area contributed by atoms with Crippen molar-refractivity contribution in [3.8, 4) is 0 Å². The van der Waals surface area contributed by atoms with Crippen molar-refractivity contribution in [1.29, 1.82) is 0 Å². The first kappa shape index (κ1) is 14.4. The topological polar surface area (TPSA) is 45.4 Å². The Morgan fingerprint density at radius 3 is 2.62 bits per heavy atom. The Kier molecular flexibility index (Phi) is 4.15. The number of anilines is 2. The van der Waals surface area contributed by atoms with E-state index in [1.54, 1.807) is 0 Å². The molecule has 1 atom stereocenters. The highest BCUT2D eigenvalue weighted by Gasteiger charge is 2.18. The van der Waals surface area contributed by atoms with Gasteiger partial charge in [0, 0.05) is 37.9 Å². The number of hydrogen-bond donors (Lipinski definition) is 1. The van der Waals surface area contributed by atoms with Crippen molar-refractivity contribution >= 4 is 17.1 Å². The molecular weight excluding hydrogens is 260 g/mol. The van der Waals surface area contributed by atoms with Crippen molar-refractivity contribution in [2.45, 2.75) is 26.2 Å². The fourth-order valence-electron chi connectivity index (χ4n) is 3.15. The van der Waals surface area contributed by atoms with Crippen molar-refractivity contribution in [3.63, 3.8) is 0 Å². The smallest absolute Gasteiger partial charge is 0.126 e. The lowest BCUT2D eigenvalue weighted by Crippen LogP contribution is -2.44. The number of piperazine rings is 1. The highest BCUT2D eigenvalue weighted by molar-refractivity contribution is 5.69. The van der Waals surface area contributed by atoms with Gasteiger partial charge in [-0.25, -0.2) is 4.98 Å². The van der Waals surface area contributed by atoms with Gasteiger partial charge in [0.2, 0.25) is 0 Å². The van der Waals surface area contributed by atoms with Crippen molar-refractivity contribution in [3.05, 3.63) is 23.9 Å². The van der Waals surface area contributed by atoms with E-state index in [9.17, 15) is 0 Å². The molecule has 0 bridgehead atoms. The molecule has 2 N–H and O–H groups in total. The zero-order valence-electron chi connectivity index (χ0n) is 13.2.